The zero-order chi connectivity index (χ0) is 11.6. The van der Waals surface area contributed by atoms with Gasteiger partial charge < -0.3 is 10.4 Å². The van der Waals surface area contributed by atoms with Crippen LogP contribution in [0.2, 0.25) is 10.0 Å². The van der Waals surface area contributed by atoms with Crippen molar-refractivity contribution in [1.82, 2.24) is 0 Å². The van der Waals surface area contributed by atoms with Crippen molar-refractivity contribution in [1.29, 1.82) is 0 Å². The Morgan fingerprint density at radius 2 is 1.87 bits per heavy atom. The Hall–Kier alpha value is -0.640. The van der Waals surface area contributed by atoms with Crippen LogP contribution in [0.4, 0.5) is 5.69 Å². The van der Waals surface area contributed by atoms with E-state index in [1.165, 1.54) is 12.1 Å². The maximum absolute atomic E-state index is 11.2. The standard InChI is InChI=1S/C9H8Cl3NO2/c1-4(10)9(15)13-5-2-6(11)8(14)7(12)3-5/h2-4,14H,1H3,(H,13,15). The summed E-state index contributed by atoms with van der Waals surface area (Å²) in [5.74, 6) is -0.579. The minimum absolute atomic E-state index is 0.0695. The zero-order valence-electron chi connectivity index (χ0n) is 7.72. The van der Waals surface area contributed by atoms with Gasteiger partial charge in [-0.25, -0.2) is 0 Å². The highest BCUT2D eigenvalue weighted by Gasteiger charge is 2.12. The molecule has 0 aliphatic carbocycles. The van der Waals surface area contributed by atoms with Crippen molar-refractivity contribution >= 4 is 46.4 Å². The summed E-state index contributed by atoms with van der Waals surface area (Å²) >= 11 is 16.9. The predicted octanol–water partition coefficient (Wildman–Crippen LogP) is 3.26. The molecule has 6 heteroatoms. The Balaban J connectivity index is 2.93. The van der Waals surface area contributed by atoms with Crippen molar-refractivity contribution in [3.05, 3.63) is 22.2 Å². The third-order valence-electron chi connectivity index (χ3n) is 1.65. The van der Waals surface area contributed by atoms with Crippen LogP contribution >= 0.6 is 34.8 Å². The molecular weight excluding hydrogens is 260 g/mol. The van der Waals surface area contributed by atoms with Crippen LogP contribution < -0.4 is 5.32 Å². The molecule has 1 aromatic rings. The maximum Gasteiger partial charge on any atom is 0.242 e. The molecule has 0 aromatic heterocycles. The third kappa shape index (κ3) is 3.16. The van der Waals surface area contributed by atoms with Gasteiger partial charge in [0.1, 0.15) is 5.38 Å². The molecule has 1 rings (SSSR count). The summed E-state index contributed by atoms with van der Waals surface area (Å²) in [5, 5.41) is 11.3. The molecule has 0 aliphatic heterocycles. The van der Waals surface area contributed by atoms with Crippen LogP contribution in [0, 0.1) is 0 Å². The lowest BCUT2D eigenvalue weighted by Gasteiger charge is -2.08. The number of aromatic hydroxyl groups is 1. The van der Waals surface area contributed by atoms with Gasteiger partial charge >= 0.3 is 0 Å². The first-order valence-electron chi connectivity index (χ1n) is 4.04. The fraction of sp³-hybridized carbons (Fsp3) is 0.222. The second-order valence-corrected chi connectivity index (χ2v) is 4.36. The van der Waals surface area contributed by atoms with Gasteiger partial charge in [-0.3, -0.25) is 4.79 Å². The van der Waals surface area contributed by atoms with Crippen molar-refractivity contribution in [2.45, 2.75) is 12.3 Å². The summed E-state index contributed by atoms with van der Waals surface area (Å²) in [4.78, 5) is 11.2. The van der Waals surface area contributed by atoms with E-state index in [-0.39, 0.29) is 21.7 Å². The average Bonchev–Trinajstić information content (AvgIpc) is 2.13. The van der Waals surface area contributed by atoms with Crippen molar-refractivity contribution in [3.8, 4) is 5.75 Å². The van der Waals surface area contributed by atoms with E-state index in [1.807, 2.05) is 0 Å². The summed E-state index contributed by atoms with van der Waals surface area (Å²) in [5.41, 5.74) is 0.389. The molecule has 0 radical (unpaired) electrons. The van der Waals surface area contributed by atoms with Gasteiger partial charge in [0.2, 0.25) is 5.91 Å². The molecule has 82 valence electrons. The van der Waals surface area contributed by atoms with E-state index in [1.54, 1.807) is 6.92 Å². The first-order chi connectivity index (χ1) is 6.91. The Labute approximate surface area is 102 Å². The number of anilines is 1. The Bertz CT molecular complexity index is 370. The van der Waals surface area contributed by atoms with E-state index in [0.717, 1.165) is 0 Å². The largest absolute Gasteiger partial charge is 0.505 e. The van der Waals surface area contributed by atoms with Crippen LogP contribution in [0.15, 0.2) is 12.1 Å². The average molecular weight is 269 g/mol. The number of alkyl halides is 1. The highest BCUT2D eigenvalue weighted by atomic mass is 35.5. The van der Waals surface area contributed by atoms with E-state index < -0.39 is 5.38 Å². The summed E-state index contributed by atoms with van der Waals surface area (Å²) in [6.45, 7) is 1.54. The smallest absolute Gasteiger partial charge is 0.242 e. The normalized spacial score (nSPS) is 12.3. The van der Waals surface area contributed by atoms with E-state index in [4.69, 9.17) is 34.8 Å². The summed E-state index contributed by atoms with van der Waals surface area (Å²) in [7, 11) is 0. The molecule has 2 N–H and O–H groups in total. The molecule has 1 aromatic carbocycles. The first kappa shape index (κ1) is 12.4. The maximum atomic E-state index is 11.2. The molecule has 0 saturated carbocycles. The van der Waals surface area contributed by atoms with Crippen LogP contribution in [0.5, 0.6) is 5.75 Å². The number of hydrogen-bond acceptors (Lipinski definition) is 2. The topological polar surface area (TPSA) is 49.3 Å². The Morgan fingerprint density at radius 1 is 1.40 bits per heavy atom. The van der Waals surface area contributed by atoms with E-state index >= 15 is 0 Å². The highest BCUT2D eigenvalue weighted by molar-refractivity contribution is 6.38. The molecule has 15 heavy (non-hydrogen) atoms. The minimum Gasteiger partial charge on any atom is -0.505 e. The molecule has 0 aliphatic rings. The molecule has 1 unspecified atom stereocenters. The van der Waals surface area contributed by atoms with Gasteiger partial charge in [-0.2, -0.15) is 0 Å². The Morgan fingerprint density at radius 3 is 2.27 bits per heavy atom. The minimum atomic E-state index is -0.656. The van der Waals surface area contributed by atoms with Gasteiger partial charge in [0.25, 0.3) is 0 Å². The van der Waals surface area contributed by atoms with Gasteiger partial charge in [0, 0.05) is 5.69 Å². The van der Waals surface area contributed by atoms with Crippen molar-refractivity contribution < 1.29 is 9.90 Å². The number of carbonyl (C=O) groups excluding carboxylic acids is 1. The lowest BCUT2D eigenvalue weighted by molar-refractivity contribution is -0.115. The van der Waals surface area contributed by atoms with Crippen LogP contribution in [0.25, 0.3) is 0 Å². The number of hydrogen-bond donors (Lipinski definition) is 2. The number of phenols is 1. The summed E-state index contributed by atoms with van der Waals surface area (Å²) < 4.78 is 0. The number of nitrogens with one attached hydrogen (secondary N) is 1. The number of amides is 1. The second-order valence-electron chi connectivity index (χ2n) is 2.89. The number of benzene rings is 1. The molecule has 1 amide bonds. The van der Waals surface area contributed by atoms with Crippen molar-refractivity contribution in [3.63, 3.8) is 0 Å². The molecule has 0 saturated heterocycles. The van der Waals surface area contributed by atoms with Gasteiger partial charge in [0.05, 0.1) is 10.0 Å². The number of rotatable bonds is 2. The van der Waals surface area contributed by atoms with Gasteiger partial charge in [-0.1, -0.05) is 23.2 Å². The van der Waals surface area contributed by atoms with Crippen molar-refractivity contribution in [2.75, 3.05) is 5.32 Å². The lowest BCUT2D eigenvalue weighted by Crippen LogP contribution is -2.20. The highest BCUT2D eigenvalue weighted by Crippen LogP contribution is 2.34. The third-order valence-corrected chi connectivity index (χ3v) is 2.42. The van der Waals surface area contributed by atoms with Crippen LogP contribution in [0.1, 0.15) is 6.92 Å². The Kier molecular flexibility index (Phi) is 4.08. The number of carbonyl (C=O) groups is 1. The van der Waals surface area contributed by atoms with E-state index in [0.29, 0.717) is 5.69 Å². The van der Waals surface area contributed by atoms with Crippen molar-refractivity contribution in [2.24, 2.45) is 0 Å². The van der Waals surface area contributed by atoms with Gasteiger partial charge in [0.15, 0.2) is 5.75 Å². The summed E-state index contributed by atoms with van der Waals surface area (Å²) in [6, 6.07) is 2.78. The van der Waals surface area contributed by atoms with Crippen LogP contribution in [0.3, 0.4) is 0 Å². The van der Waals surface area contributed by atoms with Crippen LogP contribution in [-0.4, -0.2) is 16.4 Å². The molecule has 0 fully saturated rings. The molecule has 0 spiro atoms. The fourth-order valence-corrected chi connectivity index (χ4v) is 1.42. The van der Waals surface area contributed by atoms with Gasteiger partial charge in [-0.05, 0) is 19.1 Å². The molecular formula is C9H8Cl3NO2. The quantitative estimate of drug-likeness (QED) is 0.639. The molecule has 0 bridgehead atoms. The predicted molar refractivity (Wildman–Crippen MR) is 62.1 cm³/mol. The summed E-state index contributed by atoms with van der Waals surface area (Å²) in [6.07, 6.45) is 0. The molecule has 1 atom stereocenters. The van der Waals surface area contributed by atoms with E-state index in [2.05, 4.69) is 5.32 Å². The monoisotopic (exact) mass is 267 g/mol. The van der Waals surface area contributed by atoms with E-state index in [9.17, 15) is 9.90 Å². The van der Waals surface area contributed by atoms with Crippen LogP contribution in [-0.2, 0) is 4.79 Å². The molecule has 0 heterocycles. The SMILES string of the molecule is CC(Cl)C(=O)Nc1cc(Cl)c(O)c(Cl)c1. The van der Waals surface area contributed by atoms with Gasteiger partial charge in [-0.15, -0.1) is 11.6 Å². The molecule has 3 nitrogen and oxygen atoms in total. The fourth-order valence-electron chi connectivity index (χ4n) is 0.879. The first-order valence-corrected chi connectivity index (χ1v) is 5.24. The lowest BCUT2D eigenvalue weighted by atomic mass is 10.3. The zero-order valence-corrected chi connectivity index (χ0v) is 9.99. The number of phenolic OH excluding ortho intramolecular Hbond substituents is 1. The number of halogens is 3. The second kappa shape index (κ2) is 4.92.